The van der Waals surface area contributed by atoms with Gasteiger partial charge in [0.25, 0.3) is 0 Å². The number of hydrogen-bond acceptors (Lipinski definition) is 1. The topological polar surface area (TPSA) is 0 Å². The van der Waals surface area contributed by atoms with Gasteiger partial charge < -0.3 is 0 Å². The van der Waals surface area contributed by atoms with Crippen LogP contribution in [0.5, 0.6) is 0 Å². The molecule has 0 radical (unpaired) electrons. The molecule has 1 fully saturated rings. The van der Waals surface area contributed by atoms with E-state index in [0.29, 0.717) is 0 Å². The van der Waals surface area contributed by atoms with E-state index in [4.69, 9.17) is 0 Å². The third-order valence-electron chi connectivity index (χ3n) is 5.47. The van der Waals surface area contributed by atoms with Crippen molar-refractivity contribution in [3.63, 3.8) is 0 Å². The van der Waals surface area contributed by atoms with Crippen LogP contribution >= 0.6 is 11.3 Å². The minimum atomic E-state index is 0.907. The molecule has 0 aromatic carbocycles. The third kappa shape index (κ3) is 1.41. The average Bonchev–Trinajstić information content (AvgIpc) is 2.95. The molecule has 3 aliphatic rings. The quantitative estimate of drug-likeness (QED) is 0.569. The van der Waals surface area contributed by atoms with Crippen LogP contribution in [-0.2, 0) is 6.42 Å². The summed E-state index contributed by atoms with van der Waals surface area (Å²) < 4.78 is 0. The highest BCUT2D eigenvalue weighted by molar-refractivity contribution is 7.10. The van der Waals surface area contributed by atoms with Crippen LogP contribution in [0.1, 0.15) is 55.4 Å². The van der Waals surface area contributed by atoms with Gasteiger partial charge in [-0.1, -0.05) is 11.1 Å². The van der Waals surface area contributed by atoms with Gasteiger partial charge in [0, 0.05) is 4.88 Å². The molecule has 1 saturated carbocycles. The Morgan fingerprint density at radius 3 is 2.88 bits per heavy atom. The highest BCUT2D eigenvalue weighted by Gasteiger charge is 2.42. The van der Waals surface area contributed by atoms with Crippen LogP contribution in [0, 0.1) is 11.8 Å². The van der Waals surface area contributed by atoms with Gasteiger partial charge in [-0.2, -0.15) is 0 Å². The summed E-state index contributed by atoms with van der Waals surface area (Å²) in [5.41, 5.74) is 5.34. The maximum absolute atomic E-state index is 2.42. The fourth-order valence-corrected chi connectivity index (χ4v) is 5.64. The fraction of sp³-hybridized carbons (Fsp3) is 0.625. The molecule has 0 saturated heterocycles. The summed E-state index contributed by atoms with van der Waals surface area (Å²) in [5.74, 6) is 2.85. The molecule has 90 valence electrons. The van der Waals surface area contributed by atoms with Crippen LogP contribution in [0.2, 0.25) is 0 Å². The Bertz CT molecular complexity index is 479. The van der Waals surface area contributed by atoms with Crippen molar-refractivity contribution in [2.24, 2.45) is 11.8 Å². The molecular formula is C16H20S. The molecule has 4 rings (SSSR count). The molecule has 0 N–H and O–H groups in total. The van der Waals surface area contributed by atoms with Gasteiger partial charge >= 0.3 is 0 Å². The van der Waals surface area contributed by atoms with Crippen molar-refractivity contribution >= 4 is 11.3 Å². The Kier molecular flexibility index (Phi) is 2.27. The minimum Gasteiger partial charge on any atom is -0.149 e. The second kappa shape index (κ2) is 3.71. The van der Waals surface area contributed by atoms with Crippen molar-refractivity contribution in [3.05, 3.63) is 33.0 Å². The molecule has 0 spiro atoms. The lowest BCUT2D eigenvalue weighted by molar-refractivity contribution is 0.235. The number of hydrogen-bond donors (Lipinski definition) is 0. The number of fused-ring (bicyclic) bond motifs is 5. The van der Waals surface area contributed by atoms with Gasteiger partial charge in [-0.25, -0.2) is 0 Å². The van der Waals surface area contributed by atoms with E-state index < -0.39 is 0 Å². The Balaban J connectivity index is 1.73. The van der Waals surface area contributed by atoms with Crippen LogP contribution in [-0.4, -0.2) is 0 Å². The highest BCUT2D eigenvalue weighted by Crippen LogP contribution is 2.55. The maximum Gasteiger partial charge on any atom is 0.00802 e. The Morgan fingerprint density at radius 2 is 1.94 bits per heavy atom. The summed E-state index contributed by atoms with van der Waals surface area (Å²) in [7, 11) is 0. The van der Waals surface area contributed by atoms with Gasteiger partial charge in [0.1, 0.15) is 0 Å². The lowest BCUT2D eigenvalue weighted by atomic mass is 9.63. The predicted octanol–water partition coefficient (Wildman–Crippen LogP) is 4.91. The van der Waals surface area contributed by atoms with Gasteiger partial charge in [0.2, 0.25) is 0 Å². The second-order valence-corrected chi connectivity index (χ2v) is 7.10. The van der Waals surface area contributed by atoms with Crippen LogP contribution in [0.25, 0.3) is 0 Å². The van der Waals surface area contributed by atoms with E-state index in [1.165, 1.54) is 38.5 Å². The third-order valence-corrected chi connectivity index (χ3v) is 6.47. The fourth-order valence-electron chi connectivity index (χ4n) is 4.67. The Labute approximate surface area is 108 Å². The first-order valence-electron chi connectivity index (χ1n) is 7.09. The molecule has 3 unspecified atom stereocenters. The molecule has 1 aromatic heterocycles. The SMILES string of the molecule is CC1=C2CCC3c4ccsc4CCC3C2CC1. The van der Waals surface area contributed by atoms with Gasteiger partial charge in [0.05, 0.1) is 0 Å². The van der Waals surface area contributed by atoms with Crippen LogP contribution in [0.15, 0.2) is 22.6 Å². The Morgan fingerprint density at radius 1 is 1.06 bits per heavy atom. The monoisotopic (exact) mass is 244 g/mol. The van der Waals surface area contributed by atoms with Gasteiger partial charge in [0.15, 0.2) is 0 Å². The first-order chi connectivity index (χ1) is 8.34. The van der Waals surface area contributed by atoms with E-state index in [1.54, 1.807) is 16.0 Å². The first kappa shape index (κ1) is 10.4. The number of thiophene rings is 1. The smallest absolute Gasteiger partial charge is 0.00802 e. The standard InChI is InChI=1S/C16H20S/c1-10-2-3-12-11(10)4-5-14-13(12)6-7-16-15(14)8-9-17-16/h8-9,12-14H,2-7H2,1H3. The largest absolute Gasteiger partial charge is 0.149 e. The van der Waals surface area contributed by atoms with E-state index in [1.807, 2.05) is 16.9 Å². The van der Waals surface area contributed by atoms with Crippen LogP contribution < -0.4 is 0 Å². The van der Waals surface area contributed by atoms with E-state index >= 15 is 0 Å². The number of rotatable bonds is 0. The van der Waals surface area contributed by atoms with E-state index in [9.17, 15) is 0 Å². The summed E-state index contributed by atoms with van der Waals surface area (Å²) in [6.45, 7) is 2.38. The first-order valence-corrected chi connectivity index (χ1v) is 7.97. The summed E-state index contributed by atoms with van der Waals surface area (Å²) in [6, 6.07) is 2.42. The zero-order valence-corrected chi connectivity index (χ0v) is 11.4. The lowest BCUT2D eigenvalue weighted by Gasteiger charge is -2.41. The average molecular weight is 244 g/mol. The molecular weight excluding hydrogens is 224 g/mol. The normalized spacial score (nSPS) is 35.5. The molecule has 0 aliphatic heterocycles. The van der Waals surface area contributed by atoms with E-state index in [-0.39, 0.29) is 0 Å². The highest BCUT2D eigenvalue weighted by atomic mass is 32.1. The lowest BCUT2D eigenvalue weighted by Crippen LogP contribution is -2.30. The van der Waals surface area contributed by atoms with E-state index in [0.717, 1.165) is 17.8 Å². The molecule has 0 bridgehead atoms. The van der Waals surface area contributed by atoms with Crippen molar-refractivity contribution in [2.75, 3.05) is 0 Å². The maximum atomic E-state index is 2.42. The van der Waals surface area contributed by atoms with Crippen molar-refractivity contribution in [3.8, 4) is 0 Å². The van der Waals surface area contributed by atoms with Crippen molar-refractivity contribution in [2.45, 2.75) is 51.4 Å². The van der Waals surface area contributed by atoms with Crippen molar-refractivity contribution < 1.29 is 0 Å². The molecule has 0 amide bonds. The molecule has 3 atom stereocenters. The number of aryl methyl sites for hydroxylation is 1. The Hall–Kier alpha value is -0.560. The zero-order valence-electron chi connectivity index (χ0n) is 10.5. The second-order valence-electron chi connectivity index (χ2n) is 6.10. The predicted molar refractivity (Wildman–Crippen MR) is 73.5 cm³/mol. The van der Waals surface area contributed by atoms with E-state index in [2.05, 4.69) is 18.4 Å². The van der Waals surface area contributed by atoms with Crippen LogP contribution in [0.4, 0.5) is 0 Å². The molecule has 3 aliphatic carbocycles. The summed E-state index contributed by atoms with van der Waals surface area (Å²) in [5, 5.41) is 2.32. The number of allylic oxidation sites excluding steroid dienone is 2. The van der Waals surface area contributed by atoms with Crippen LogP contribution in [0.3, 0.4) is 0 Å². The molecule has 1 aromatic rings. The molecule has 1 heterocycles. The zero-order chi connectivity index (χ0) is 11.4. The minimum absolute atomic E-state index is 0.907. The van der Waals surface area contributed by atoms with Gasteiger partial charge in [-0.3, -0.25) is 0 Å². The van der Waals surface area contributed by atoms with Crippen molar-refractivity contribution in [1.82, 2.24) is 0 Å². The molecule has 1 heteroatoms. The molecule has 0 nitrogen and oxygen atoms in total. The van der Waals surface area contributed by atoms with Gasteiger partial charge in [-0.05, 0) is 80.2 Å². The summed E-state index contributed by atoms with van der Waals surface area (Å²) in [4.78, 5) is 1.70. The molecule has 17 heavy (non-hydrogen) atoms. The summed E-state index contributed by atoms with van der Waals surface area (Å²) >= 11 is 1.99. The van der Waals surface area contributed by atoms with Gasteiger partial charge in [-0.15, -0.1) is 11.3 Å². The van der Waals surface area contributed by atoms with Crippen molar-refractivity contribution in [1.29, 1.82) is 0 Å². The summed E-state index contributed by atoms with van der Waals surface area (Å²) in [6.07, 6.45) is 8.49.